The van der Waals surface area contributed by atoms with Gasteiger partial charge in [-0.1, -0.05) is 48.0 Å². The predicted molar refractivity (Wildman–Crippen MR) is 106 cm³/mol. The van der Waals surface area contributed by atoms with Crippen LogP contribution in [0.2, 0.25) is 5.02 Å². The number of benzene rings is 2. The minimum absolute atomic E-state index is 0.0540. The minimum atomic E-state index is -0.0540. The summed E-state index contributed by atoms with van der Waals surface area (Å²) in [5.41, 5.74) is 3.14. The number of carbonyl (C=O) groups is 1. The van der Waals surface area contributed by atoms with E-state index in [1.807, 2.05) is 43.4 Å². The summed E-state index contributed by atoms with van der Waals surface area (Å²) in [5, 5.41) is 0.636. The lowest BCUT2D eigenvalue weighted by molar-refractivity contribution is -0.125. The molecule has 5 heteroatoms. The SMILES string of the molecule is CN(Cc1ccccc1N1CCOCC1)C(=O)/C=C/c1ccccc1Cl. The Kier molecular flexibility index (Phi) is 6.31. The number of likely N-dealkylation sites (N-methyl/N-ethyl adjacent to an activating group) is 1. The van der Waals surface area contributed by atoms with E-state index >= 15 is 0 Å². The molecule has 2 aromatic carbocycles. The van der Waals surface area contributed by atoms with Gasteiger partial charge in [0.25, 0.3) is 0 Å². The Hall–Kier alpha value is -2.30. The van der Waals surface area contributed by atoms with Crippen molar-refractivity contribution < 1.29 is 9.53 Å². The molecule has 1 saturated heterocycles. The minimum Gasteiger partial charge on any atom is -0.378 e. The molecule has 2 aromatic rings. The number of rotatable bonds is 5. The molecule has 0 atom stereocenters. The van der Waals surface area contributed by atoms with Crippen molar-refractivity contribution in [2.75, 3.05) is 38.3 Å². The molecule has 1 aliphatic rings. The van der Waals surface area contributed by atoms with E-state index in [2.05, 4.69) is 17.0 Å². The number of para-hydroxylation sites is 1. The lowest BCUT2D eigenvalue weighted by atomic mass is 10.1. The van der Waals surface area contributed by atoms with Crippen LogP contribution in [0.1, 0.15) is 11.1 Å². The zero-order chi connectivity index (χ0) is 18.4. The number of hydrogen-bond donors (Lipinski definition) is 0. The van der Waals surface area contributed by atoms with Gasteiger partial charge in [0.1, 0.15) is 0 Å². The highest BCUT2D eigenvalue weighted by atomic mass is 35.5. The number of morpholine rings is 1. The van der Waals surface area contributed by atoms with E-state index in [9.17, 15) is 4.79 Å². The van der Waals surface area contributed by atoms with Gasteiger partial charge < -0.3 is 14.5 Å². The zero-order valence-electron chi connectivity index (χ0n) is 14.9. The number of hydrogen-bond acceptors (Lipinski definition) is 3. The van der Waals surface area contributed by atoms with Crippen molar-refractivity contribution in [3.63, 3.8) is 0 Å². The monoisotopic (exact) mass is 370 g/mol. The molecule has 0 aromatic heterocycles. The zero-order valence-corrected chi connectivity index (χ0v) is 15.7. The molecule has 1 aliphatic heterocycles. The molecule has 3 rings (SSSR count). The number of carbonyl (C=O) groups excluding carboxylic acids is 1. The summed E-state index contributed by atoms with van der Waals surface area (Å²) < 4.78 is 5.44. The first-order valence-corrected chi connectivity index (χ1v) is 9.11. The van der Waals surface area contributed by atoms with Crippen LogP contribution in [0.4, 0.5) is 5.69 Å². The van der Waals surface area contributed by atoms with Crippen molar-refractivity contribution >= 4 is 29.3 Å². The van der Waals surface area contributed by atoms with Gasteiger partial charge in [-0.15, -0.1) is 0 Å². The van der Waals surface area contributed by atoms with Crippen LogP contribution in [0.3, 0.4) is 0 Å². The Balaban J connectivity index is 1.68. The second kappa shape index (κ2) is 8.88. The Morgan fingerprint density at radius 3 is 2.62 bits per heavy atom. The number of nitrogens with zero attached hydrogens (tertiary/aromatic N) is 2. The first kappa shape index (κ1) is 18.5. The third kappa shape index (κ3) is 4.65. The first-order chi connectivity index (χ1) is 12.6. The molecule has 0 saturated carbocycles. The predicted octanol–water partition coefficient (Wildman–Crippen LogP) is 3.85. The lowest BCUT2D eigenvalue weighted by Gasteiger charge is -2.31. The van der Waals surface area contributed by atoms with Gasteiger partial charge in [0, 0.05) is 43.5 Å². The van der Waals surface area contributed by atoms with Crippen molar-refractivity contribution in [2.24, 2.45) is 0 Å². The van der Waals surface area contributed by atoms with E-state index in [4.69, 9.17) is 16.3 Å². The van der Waals surface area contributed by atoms with Gasteiger partial charge in [-0.3, -0.25) is 4.79 Å². The average molecular weight is 371 g/mol. The van der Waals surface area contributed by atoms with Gasteiger partial charge in [-0.25, -0.2) is 0 Å². The maximum absolute atomic E-state index is 12.5. The maximum Gasteiger partial charge on any atom is 0.246 e. The van der Waals surface area contributed by atoms with Crippen molar-refractivity contribution in [2.45, 2.75) is 6.54 Å². The van der Waals surface area contributed by atoms with Gasteiger partial charge in [0.05, 0.1) is 13.2 Å². The topological polar surface area (TPSA) is 32.8 Å². The molecule has 0 N–H and O–H groups in total. The van der Waals surface area contributed by atoms with Gasteiger partial charge in [0.15, 0.2) is 0 Å². The maximum atomic E-state index is 12.5. The fraction of sp³-hybridized carbons (Fsp3) is 0.286. The first-order valence-electron chi connectivity index (χ1n) is 8.73. The smallest absolute Gasteiger partial charge is 0.246 e. The van der Waals surface area contributed by atoms with E-state index in [1.54, 1.807) is 17.1 Å². The van der Waals surface area contributed by atoms with Gasteiger partial charge >= 0.3 is 0 Å². The van der Waals surface area contributed by atoms with Crippen molar-refractivity contribution in [1.29, 1.82) is 0 Å². The van der Waals surface area contributed by atoms with E-state index in [0.29, 0.717) is 11.6 Å². The molecule has 1 fully saturated rings. The second-order valence-corrected chi connectivity index (χ2v) is 6.68. The number of ether oxygens (including phenoxy) is 1. The molecule has 0 spiro atoms. The highest BCUT2D eigenvalue weighted by molar-refractivity contribution is 6.32. The molecular formula is C21H23ClN2O2. The Morgan fingerprint density at radius 2 is 1.85 bits per heavy atom. The lowest BCUT2D eigenvalue weighted by Crippen LogP contribution is -2.37. The van der Waals surface area contributed by atoms with Crippen LogP contribution in [-0.4, -0.2) is 44.2 Å². The highest BCUT2D eigenvalue weighted by Crippen LogP contribution is 2.23. The molecular weight excluding hydrogens is 348 g/mol. The molecule has 1 heterocycles. The van der Waals surface area contributed by atoms with Crippen LogP contribution in [0, 0.1) is 0 Å². The largest absolute Gasteiger partial charge is 0.378 e. The fourth-order valence-corrected chi connectivity index (χ4v) is 3.19. The molecule has 136 valence electrons. The number of amides is 1. The van der Waals surface area contributed by atoms with Crippen LogP contribution < -0.4 is 4.90 Å². The molecule has 0 unspecified atom stereocenters. The Morgan fingerprint density at radius 1 is 1.15 bits per heavy atom. The Labute approximate surface area is 159 Å². The quantitative estimate of drug-likeness (QED) is 0.749. The highest BCUT2D eigenvalue weighted by Gasteiger charge is 2.16. The van der Waals surface area contributed by atoms with E-state index in [1.165, 1.54) is 5.69 Å². The summed E-state index contributed by atoms with van der Waals surface area (Å²) in [6.07, 6.45) is 3.33. The molecule has 0 aliphatic carbocycles. The normalized spacial score (nSPS) is 14.6. The van der Waals surface area contributed by atoms with Crippen LogP contribution in [-0.2, 0) is 16.1 Å². The third-order valence-electron chi connectivity index (χ3n) is 4.44. The van der Waals surface area contributed by atoms with Crippen LogP contribution in [0.5, 0.6) is 0 Å². The summed E-state index contributed by atoms with van der Waals surface area (Å²) in [6.45, 7) is 3.79. The third-order valence-corrected chi connectivity index (χ3v) is 4.78. The summed E-state index contributed by atoms with van der Waals surface area (Å²) >= 11 is 6.13. The second-order valence-electron chi connectivity index (χ2n) is 6.28. The van der Waals surface area contributed by atoms with Crippen LogP contribution in [0.25, 0.3) is 6.08 Å². The molecule has 0 radical (unpaired) electrons. The van der Waals surface area contributed by atoms with Crippen molar-refractivity contribution in [3.05, 3.63) is 70.8 Å². The summed E-state index contributed by atoms with van der Waals surface area (Å²) in [6, 6.07) is 15.7. The molecule has 1 amide bonds. The van der Waals surface area contributed by atoms with E-state index in [-0.39, 0.29) is 5.91 Å². The van der Waals surface area contributed by atoms with Gasteiger partial charge in [0.2, 0.25) is 5.91 Å². The van der Waals surface area contributed by atoms with Crippen molar-refractivity contribution in [1.82, 2.24) is 4.90 Å². The van der Waals surface area contributed by atoms with Crippen molar-refractivity contribution in [3.8, 4) is 0 Å². The van der Waals surface area contributed by atoms with E-state index in [0.717, 1.165) is 37.4 Å². The molecule has 0 bridgehead atoms. The summed E-state index contributed by atoms with van der Waals surface area (Å²) in [4.78, 5) is 16.5. The number of anilines is 1. The molecule has 26 heavy (non-hydrogen) atoms. The Bertz CT molecular complexity index is 785. The van der Waals surface area contributed by atoms with Crippen LogP contribution in [0.15, 0.2) is 54.6 Å². The molecule has 4 nitrogen and oxygen atoms in total. The van der Waals surface area contributed by atoms with E-state index < -0.39 is 0 Å². The van der Waals surface area contributed by atoms with Gasteiger partial charge in [-0.2, -0.15) is 0 Å². The average Bonchev–Trinajstić information content (AvgIpc) is 2.68. The van der Waals surface area contributed by atoms with Gasteiger partial charge in [-0.05, 0) is 29.3 Å². The standard InChI is InChI=1S/C21H23ClN2O2/c1-23(21(25)11-10-17-6-2-4-8-19(17)22)16-18-7-3-5-9-20(18)24-12-14-26-15-13-24/h2-11H,12-16H2,1H3/b11-10+. The van der Waals surface area contributed by atoms with Crippen LogP contribution >= 0.6 is 11.6 Å². The number of halogens is 1. The summed E-state index contributed by atoms with van der Waals surface area (Å²) in [7, 11) is 1.81. The fourth-order valence-electron chi connectivity index (χ4n) is 2.99. The summed E-state index contributed by atoms with van der Waals surface area (Å²) in [5.74, 6) is -0.0540.